The van der Waals surface area contributed by atoms with Gasteiger partial charge in [-0.1, -0.05) is 64.4 Å². The summed E-state index contributed by atoms with van der Waals surface area (Å²) in [4.78, 5) is 63.1. The van der Waals surface area contributed by atoms with E-state index in [0.29, 0.717) is 6.42 Å². The van der Waals surface area contributed by atoms with Gasteiger partial charge in [0.25, 0.3) is 0 Å². The number of carboxylic acid groups (broad SMARTS) is 1. The van der Waals surface area contributed by atoms with Crippen LogP contribution in [0.25, 0.3) is 0 Å². The van der Waals surface area contributed by atoms with Crippen LogP contribution < -0.4 is 16.0 Å². The number of amides is 3. The molecular weight excluding hydrogens is 518 g/mol. The Bertz CT molecular complexity index is 991. The van der Waals surface area contributed by atoms with Crippen molar-refractivity contribution in [3.63, 3.8) is 0 Å². The van der Waals surface area contributed by atoms with Crippen molar-refractivity contribution in [2.45, 2.75) is 104 Å². The second kappa shape index (κ2) is 16.5. The lowest BCUT2D eigenvalue weighted by atomic mass is 9.98. The fourth-order valence-corrected chi connectivity index (χ4v) is 3.74. The molecule has 0 bridgehead atoms. The van der Waals surface area contributed by atoms with E-state index in [1.807, 2.05) is 32.0 Å². The molecule has 0 saturated heterocycles. The van der Waals surface area contributed by atoms with Crippen LogP contribution in [0, 0.1) is 11.8 Å². The minimum atomic E-state index is -1.25. The normalized spacial score (nSPS) is 14.3. The van der Waals surface area contributed by atoms with Crippen molar-refractivity contribution in [3.8, 4) is 0 Å². The predicted molar refractivity (Wildman–Crippen MR) is 149 cm³/mol. The summed E-state index contributed by atoms with van der Waals surface area (Å²) in [6, 6.07) is 5.58. The number of nitrogens with one attached hydrogen (secondary N) is 3. The largest absolute Gasteiger partial charge is 0.480 e. The van der Waals surface area contributed by atoms with Gasteiger partial charge in [0.15, 0.2) is 0 Å². The molecule has 3 amide bonds. The number of carbonyl (C=O) groups is 5. The van der Waals surface area contributed by atoms with Crippen LogP contribution in [0.2, 0.25) is 0 Å². The van der Waals surface area contributed by atoms with Gasteiger partial charge in [-0.2, -0.15) is 0 Å². The zero-order chi connectivity index (χ0) is 30.5. The monoisotopic (exact) mass is 563 g/mol. The number of alkyl carbamates (subject to hydrolysis) is 1. The summed E-state index contributed by atoms with van der Waals surface area (Å²) in [5.41, 5.74) is 0.0331. The maximum absolute atomic E-state index is 13.3. The number of carbonyl (C=O) groups excluding carboxylic acids is 4. The molecular formula is C29H45N3O8. The van der Waals surface area contributed by atoms with Crippen LogP contribution in [-0.2, 0) is 35.3 Å². The minimum Gasteiger partial charge on any atom is -0.480 e. The summed E-state index contributed by atoms with van der Waals surface area (Å²) in [6.07, 6.45) is -0.388. The minimum absolute atomic E-state index is 0.000933. The summed E-state index contributed by atoms with van der Waals surface area (Å²) >= 11 is 0. The smallest absolute Gasteiger partial charge is 0.408 e. The highest BCUT2D eigenvalue weighted by Crippen LogP contribution is 2.13. The van der Waals surface area contributed by atoms with Crippen LogP contribution in [0.1, 0.15) is 79.7 Å². The molecule has 40 heavy (non-hydrogen) atoms. The van der Waals surface area contributed by atoms with Crippen molar-refractivity contribution in [2.75, 3.05) is 0 Å². The van der Waals surface area contributed by atoms with Gasteiger partial charge >= 0.3 is 18.0 Å². The van der Waals surface area contributed by atoms with E-state index in [1.165, 1.54) is 0 Å². The maximum Gasteiger partial charge on any atom is 0.408 e. The van der Waals surface area contributed by atoms with Gasteiger partial charge in [0, 0.05) is 6.42 Å². The average molecular weight is 564 g/mol. The zero-order valence-electron chi connectivity index (χ0n) is 24.6. The van der Waals surface area contributed by atoms with E-state index in [4.69, 9.17) is 9.47 Å². The molecule has 4 atom stereocenters. The van der Waals surface area contributed by atoms with E-state index >= 15 is 0 Å². The van der Waals surface area contributed by atoms with Gasteiger partial charge in [0.05, 0.1) is 0 Å². The first-order chi connectivity index (χ1) is 18.6. The molecule has 0 fully saturated rings. The Kier molecular flexibility index (Phi) is 14.2. The molecule has 1 aromatic rings. The van der Waals surface area contributed by atoms with Crippen LogP contribution in [-0.4, -0.2) is 58.7 Å². The molecule has 11 nitrogen and oxygen atoms in total. The Morgan fingerprint density at radius 3 is 2.02 bits per heavy atom. The van der Waals surface area contributed by atoms with Gasteiger partial charge < -0.3 is 30.5 Å². The molecule has 0 spiro atoms. The van der Waals surface area contributed by atoms with Crippen molar-refractivity contribution >= 4 is 29.8 Å². The number of hydrogen-bond donors (Lipinski definition) is 4. The number of esters is 1. The summed E-state index contributed by atoms with van der Waals surface area (Å²) in [6.45, 7) is 12.4. The second-order valence-electron chi connectivity index (χ2n) is 11.3. The van der Waals surface area contributed by atoms with Crippen LogP contribution in [0.5, 0.6) is 0 Å². The Balaban J connectivity index is 3.04. The van der Waals surface area contributed by atoms with E-state index in [2.05, 4.69) is 16.0 Å². The molecule has 0 heterocycles. The van der Waals surface area contributed by atoms with Gasteiger partial charge in [-0.05, 0) is 51.0 Å². The van der Waals surface area contributed by atoms with Gasteiger partial charge in [-0.3, -0.25) is 14.4 Å². The molecule has 0 saturated carbocycles. The number of ether oxygens (including phenoxy) is 2. The number of hydrogen-bond acceptors (Lipinski definition) is 7. The fourth-order valence-electron chi connectivity index (χ4n) is 3.74. The Hall–Kier alpha value is -3.63. The van der Waals surface area contributed by atoms with Gasteiger partial charge in [0.2, 0.25) is 11.8 Å². The molecule has 11 heteroatoms. The highest BCUT2D eigenvalue weighted by atomic mass is 16.6. The van der Waals surface area contributed by atoms with Gasteiger partial charge in [0.1, 0.15) is 30.3 Å². The summed E-state index contributed by atoms with van der Waals surface area (Å²) in [5.74, 6) is -3.57. The second-order valence-corrected chi connectivity index (χ2v) is 11.3. The van der Waals surface area contributed by atoms with E-state index in [-0.39, 0.29) is 37.7 Å². The fraction of sp³-hybridized carbons (Fsp3) is 0.621. The maximum atomic E-state index is 13.3. The molecule has 0 aromatic heterocycles. The summed E-state index contributed by atoms with van der Waals surface area (Å²) in [5, 5.41) is 17.3. The predicted octanol–water partition coefficient (Wildman–Crippen LogP) is 3.55. The lowest BCUT2D eigenvalue weighted by molar-refractivity contribution is -0.155. The Labute approximate surface area is 236 Å². The lowest BCUT2D eigenvalue weighted by Crippen LogP contribution is -2.57. The van der Waals surface area contributed by atoms with Crippen molar-refractivity contribution in [1.29, 1.82) is 0 Å². The first-order valence-electron chi connectivity index (χ1n) is 13.7. The average Bonchev–Trinajstić information content (AvgIpc) is 2.86. The number of rotatable bonds is 15. The molecule has 0 aliphatic carbocycles. The zero-order valence-corrected chi connectivity index (χ0v) is 24.6. The number of carboxylic acids is 1. The third-order valence-corrected chi connectivity index (χ3v) is 6.00. The van der Waals surface area contributed by atoms with E-state index in [0.717, 1.165) is 5.56 Å². The van der Waals surface area contributed by atoms with Crippen LogP contribution in [0.3, 0.4) is 0 Å². The molecule has 1 aromatic carbocycles. The first kappa shape index (κ1) is 34.4. The molecule has 224 valence electrons. The first-order valence-corrected chi connectivity index (χ1v) is 13.7. The van der Waals surface area contributed by atoms with E-state index in [9.17, 15) is 29.1 Å². The quantitative estimate of drug-likeness (QED) is 0.236. The third-order valence-electron chi connectivity index (χ3n) is 6.00. The highest BCUT2D eigenvalue weighted by Gasteiger charge is 2.32. The summed E-state index contributed by atoms with van der Waals surface area (Å²) in [7, 11) is 0. The molecule has 1 rings (SSSR count). The van der Waals surface area contributed by atoms with Gasteiger partial charge in [-0.25, -0.2) is 9.59 Å². The van der Waals surface area contributed by atoms with Crippen LogP contribution in [0.15, 0.2) is 30.3 Å². The lowest BCUT2D eigenvalue weighted by Gasteiger charge is -2.27. The highest BCUT2D eigenvalue weighted by molar-refractivity contribution is 5.93. The van der Waals surface area contributed by atoms with Crippen molar-refractivity contribution in [1.82, 2.24) is 16.0 Å². The van der Waals surface area contributed by atoms with E-state index in [1.54, 1.807) is 46.8 Å². The molecule has 0 aliphatic heterocycles. The number of aliphatic carboxylic acids is 1. The molecule has 0 radical (unpaired) electrons. The van der Waals surface area contributed by atoms with E-state index < -0.39 is 53.6 Å². The topological polar surface area (TPSA) is 160 Å². The van der Waals surface area contributed by atoms with Crippen LogP contribution >= 0.6 is 0 Å². The van der Waals surface area contributed by atoms with Gasteiger partial charge in [-0.15, -0.1) is 0 Å². The molecule has 4 N–H and O–H groups in total. The molecule has 0 aliphatic rings. The SMILES string of the molecule is CCC(C)C(NC(=O)C(CCC(=O)OC(C)(C)C)NC(=O)C(CC(C)C)NC(=O)OCc1ccccc1)C(=O)O. The standard InChI is InChI=1S/C29H45N3O8/c1-8-19(4)24(27(36)37)32-25(34)21(14-15-23(33)40-29(5,6)7)30-26(35)22(16-18(2)3)31-28(38)39-17-20-12-10-9-11-13-20/h9-13,18-19,21-22,24H,8,14-17H2,1-7H3,(H,30,35)(H,31,38)(H,32,34)(H,36,37). The third kappa shape index (κ3) is 13.4. The molecule has 4 unspecified atom stereocenters. The summed E-state index contributed by atoms with van der Waals surface area (Å²) < 4.78 is 10.6. The van der Waals surface area contributed by atoms with Crippen molar-refractivity contribution in [3.05, 3.63) is 35.9 Å². The van der Waals surface area contributed by atoms with Crippen molar-refractivity contribution in [2.24, 2.45) is 11.8 Å². The Morgan fingerprint density at radius 1 is 0.900 bits per heavy atom. The number of benzene rings is 1. The Morgan fingerprint density at radius 2 is 1.50 bits per heavy atom. The van der Waals surface area contributed by atoms with Crippen LogP contribution in [0.4, 0.5) is 4.79 Å². The van der Waals surface area contributed by atoms with Crippen molar-refractivity contribution < 1.29 is 38.6 Å².